The van der Waals surface area contributed by atoms with Crippen molar-refractivity contribution in [3.05, 3.63) is 52.3 Å². The first kappa shape index (κ1) is 30.9. The molecule has 1 spiro atoms. The van der Waals surface area contributed by atoms with Crippen LogP contribution in [0.2, 0.25) is 0 Å². The van der Waals surface area contributed by atoms with Crippen LogP contribution in [0, 0.1) is 16.7 Å². The number of rotatable bonds is 8. The monoisotopic (exact) mass is 592 g/mol. The number of hydrogen-bond donors (Lipinski definition) is 1. The number of carbonyl (C=O) groups excluding carboxylic acids is 4. The highest BCUT2D eigenvalue weighted by Crippen LogP contribution is 2.38. The highest BCUT2D eigenvalue weighted by Gasteiger charge is 2.40. The second-order valence-electron chi connectivity index (χ2n) is 13.2. The van der Waals surface area contributed by atoms with Gasteiger partial charge in [0, 0.05) is 56.3 Å². The number of benzene rings is 1. The average Bonchev–Trinajstić information content (AvgIpc) is 3.27. The van der Waals surface area contributed by atoms with Gasteiger partial charge in [0.1, 0.15) is 5.78 Å². The van der Waals surface area contributed by atoms with Crippen molar-refractivity contribution in [2.45, 2.75) is 72.8 Å². The Kier molecular flexibility index (Phi) is 9.06. The smallest absolute Gasteiger partial charge is 0.338 e. The van der Waals surface area contributed by atoms with Gasteiger partial charge in [0.25, 0.3) is 11.8 Å². The summed E-state index contributed by atoms with van der Waals surface area (Å²) >= 11 is 0. The number of aromatic nitrogens is 2. The van der Waals surface area contributed by atoms with E-state index in [1.807, 2.05) is 25.5 Å². The molecule has 2 aromatic rings. The number of nitrogens with zero attached hydrogens (tertiary/aromatic N) is 3. The Bertz CT molecular complexity index is 1360. The fraction of sp³-hybridized carbons (Fsp3) is 0.606. The molecule has 0 saturated carbocycles. The number of ether oxygens (including phenoxy) is 2. The van der Waals surface area contributed by atoms with Gasteiger partial charge >= 0.3 is 5.97 Å². The molecule has 0 bridgehead atoms. The molecule has 2 amide bonds. The van der Waals surface area contributed by atoms with Crippen LogP contribution in [0.4, 0.5) is 0 Å². The first-order valence-electron chi connectivity index (χ1n) is 15.5. The standard InChI is InChI=1S/C33H44N4O6/c1-5-26-28-27(18-33(19-34-29(28)39)12-16-42-17-13-33)37(35-26)20-32(3,4)21-43-31(41)25-8-6-24(7-9-25)30(40)36-14-10-23(11-15-36)22(2)38/h6-9,23H,5,10-21H2,1-4H3,(H,34,39). The van der Waals surface area contributed by atoms with Crippen LogP contribution < -0.4 is 5.32 Å². The first-order chi connectivity index (χ1) is 20.5. The summed E-state index contributed by atoms with van der Waals surface area (Å²) in [5.41, 5.74) is 2.83. The molecule has 0 atom stereocenters. The lowest BCUT2D eigenvalue weighted by molar-refractivity contribution is -0.121. The molecule has 43 heavy (non-hydrogen) atoms. The van der Waals surface area contributed by atoms with E-state index in [0.29, 0.717) is 75.3 Å². The van der Waals surface area contributed by atoms with Gasteiger partial charge in [0.05, 0.1) is 29.1 Å². The van der Waals surface area contributed by atoms with Crippen LogP contribution in [-0.2, 0) is 33.7 Å². The Morgan fingerprint density at radius 2 is 1.74 bits per heavy atom. The second kappa shape index (κ2) is 12.6. The highest BCUT2D eigenvalue weighted by molar-refractivity contribution is 5.97. The predicted molar refractivity (Wildman–Crippen MR) is 160 cm³/mol. The number of ketones is 1. The van der Waals surface area contributed by atoms with Crippen LogP contribution in [0.1, 0.15) is 95.8 Å². The van der Waals surface area contributed by atoms with Gasteiger partial charge in [-0.25, -0.2) is 4.79 Å². The van der Waals surface area contributed by atoms with Crippen molar-refractivity contribution in [3.63, 3.8) is 0 Å². The lowest BCUT2D eigenvalue weighted by Crippen LogP contribution is -2.41. The Morgan fingerprint density at radius 3 is 2.37 bits per heavy atom. The molecule has 10 heteroatoms. The van der Waals surface area contributed by atoms with Crippen LogP contribution in [0.5, 0.6) is 0 Å². The second-order valence-corrected chi connectivity index (χ2v) is 13.2. The van der Waals surface area contributed by atoms with Crippen molar-refractivity contribution in [1.29, 1.82) is 0 Å². The Labute approximate surface area is 253 Å². The number of hydrogen-bond acceptors (Lipinski definition) is 7. The van der Waals surface area contributed by atoms with Crippen molar-refractivity contribution >= 4 is 23.6 Å². The number of likely N-dealkylation sites (tertiary alicyclic amines) is 1. The number of aryl methyl sites for hydroxylation is 1. The minimum atomic E-state index is -0.455. The zero-order valence-electron chi connectivity index (χ0n) is 25.9. The third-order valence-corrected chi connectivity index (χ3v) is 9.31. The summed E-state index contributed by atoms with van der Waals surface area (Å²) in [7, 11) is 0. The van der Waals surface area contributed by atoms with Gasteiger partial charge in [-0.2, -0.15) is 5.10 Å². The van der Waals surface area contributed by atoms with Crippen LogP contribution in [0.15, 0.2) is 24.3 Å². The molecule has 3 aliphatic heterocycles. The molecule has 3 aliphatic rings. The van der Waals surface area contributed by atoms with Crippen LogP contribution >= 0.6 is 0 Å². The molecule has 1 aromatic carbocycles. The number of amides is 2. The molecule has 1 aromatic heterocycles. The van der Waals surface area contributed by atoms with E-state index >= 15 is 0 Å². The van der Waals surface area contributed by atoms with Gasteiger partial charge in [-0.15, -0.1) is 0 Å². The fourth-order valence-corrected chi connectivity index (χ4v) is 6.52. The maximum atomic E-state index is 13.2. The van der Waals surface area contributed by atoms with E-state index in [2.05, 4.69) is 5.32 Å². The fourth-order valence-electron chi connectivity index (χ4n) is 6.52. The average molecular weight is 593 g/mol. The van der Waals surface area contributed by atoms with Gasteiger partial charge in [-0.1, -0.05) is 20.8 Å². The molecule has 0 unspecified atom stereocenters. The molecule has 4 heterocycles. The zero-order chi connectivity index (χ0) is 30.8. The van der Waals surface area contributed by atoms with Crippen molar-refractivity contribution in [2.75, 3.05) is 39.5 Å². The molecule has 2 saturated heterocycles. The SMILES string of the molecule is CCc1nn(CC(C)(C)COC(=O)c2ccc(C(=O)N3CCC(C(C)=O)CC3)cc2)c2c1C(=O)NCC1(CCOCC1)C2. The van der Waals surface area contributed by atoms with E-state index < -0.39 is 11.4 Å². The molecule has 0 radical (unpaired) electrons. The van der Waals surface area contributed by atoms with Gasteiger partial charge in [0.15, 0.2) is 0 Å². The summed E-state index contributed by atoms with van der Waals surface area (Å²) in [4.78, 5) is 52.5. The molecule has 2 fully saturated rings. The Hall–Kier alpha value is -3.53. The number of piperidine rings is 1. The van der Waals surface area contributed by atoms with Gasteiger partial charge in [-0.05, 0) is 75.1 Å². The normalized spacial score (nSPS) is 19.0. The molecular weight excluding hydrogens is 548 g/mol. The van der Waals surface area contributed by atoms with Crippen LogP contribution in [-0.4, -0.2) is 77.7 Å². The van der Waals surface area contributed by atoms with Gasteiger partial charge < -0.3 is 19.7 Å². The largest absolute Gasteiger partial charge is 0.461 e. The lowest BCUT2D eigenvalue weighted by atomic mass is 9.76. The predicted octanol–water partition coefficient (Wildman–Crippen LogP) is 3.85. The summed E-state index contributed by atoms with van der Waals surface area (Å²) in [6, 6.07) is 6.56. The summed E-state index contributed by atoms with van der Waals surface area (Å²) < 4.78 is 13.3. The summed E-state index contributed by atoms with van der Waals surface area (Å²) in [6.07, 6.45) is 4.57. The molecule has 10 nitrogen and oxygen atoms in total. The maximum absolute atomic E-state index is 13.2. The zero-order valence-corrected chi connectivity index (χ0v) is 25.9. The van der Waals surface area contributed by atoms with E-state index in [9.17, 15) is 19.2 Å². The van der Waals surface area contributed by atoms with Crippen molar-refractivity contribution < 1.29 is 28.7 Å². The third kappa shape index (κ3) is 6.84. The number of Topliss-reactive ketones (excluding diaryl/α,β-unsaturated/α-hetero) is 1. The summed E-state index contributed by atoms with van der Waals surface area (Å²) in [5, 5.41) is 8.01. The van der Waals surface area contributed by atoms with Gasteiger partial charge in [-0.3, -0.25) is 19.1 Å². The lowest BCUT2D eigenvalue weighted by Gasteiger charge is -2.36. The first-order valence-corrected chi connectivity index (χ1v) is 15.5. The van der Waals surface area contributed by atoms with E-state index in [1.165, 1.54) is 0 Å². The van der Waals surface area contributed by atoms with Crippen LogP contribution in [0.3, 0.4) is 0 Å². The summed E-state index contributed by atoms with van der Waals surface area (Å²) in [6.45, 7) is 11.5. The van der Waals surface area contributed by atoms with E-state index in [1.54, 1.807) is 36.1 Å². The summed E-state index contributed by atoms with van der Waals surface area (Å²) in [5.74, 6) is -0.398. The highest BCUT2D eigenvalue weighted by atomic mass is 16.5. The molecular formula is C33H44N4O6. The van der Waals surface area contributed by atoms with E-state index in [0.717, 1.165) is 30.7 Å². The van der Waals surface area contributed by atoms with Crippen molar-refractivity contribution in [2.24, 2.45) is 16.7 Å². The minimum absolute atomic E-state index is 0.0329. The Balaban J connectivity index is 1.22. The molecule has 1 N–H and O–H groups in total. The van der Waals surface area contributed by atoms with Crippen molar-refractivity contribution in [3.8, 4) is 0 Å². The van der Waals surface area contributed by atoms with Crippen LogP contribution in [0.25, 0.3) is 0 Å². The van der Waals surface area contributed by atoms with Crippen molar-refractivity contribution in [1.82, 2.24) is 20.0 Å². The number of esters is 1. The Morgan fingerprint density at radius 1 is 1.09 bits per heavy atom. The van der Waals surface area contributed by atoms with E-state index in [4.69, 9.17) is 14.6 Å². The quantitative estimate of drug-likeness (QED) is 0.463. The molecule has 5 rings (SSSR count). The molecule has 232 valence electrons. The number of nitrogens with one attached hydrogen (secondary N) is 1. The minimum Gasteiger partial charge on any atom is -0.461 e. The van der Waals surface area contributed by atoms with Gasteiger partial charge in [0.2, 0.25) is 0 Å². The molecule has 0 aliphatic carbocycles. The van der Waals surface area contributed by atoms with E-state index in [-0.39, 0.29) is 35.5 Å². The number of fused-ring (bicyclic) bond motifs is 1. The third-order valence-electron chi connectivity index (χ3n) is 9.31. The topological polar surface area (TPSA) is 120 Å². The maximum Gasteiger partial charge on any atom is 0.338 e. The number of carbonyl (C=O) groups is 4.